The van der Waals surface area contributed by atoms with E-state index in [1.165, 1.54) is 89.9 Å². The molecule has 0 saturated heterocycles. The summed E-state index contributed by atoms with van der Waals surface area (Å²) in [6.07, 6.45) is 31.5. The summed E-state index contributed by atoms with van der Waals surface area (Å²) in [6.45, 7) is 4.50. The highest BCUT2D eigenvalue weighted by atomic mass is 16.4. The number of hydrogen-bond acceptors (Lipinski definition) is 2. The van der Waals surface area contributed by atoms with Gasteiger partial charge in [0.15, 0.2) is 0 Å². The van der Waals surface area contributed by atoms with Crippen LogP contribution in [-0.2, 0) is 9.59 Å². The molecule has 232 valence electrons. The first-order valence-electron chi connectivity index (χ1n) is 16.9. The Hall–Kier alpha value is -1.94. The first-order valence-corrected chi connectivity index (χ1v) is 16.9. The van der Waals surface area contributed by atoms with Gasteiger partial charge in [-0.15, -0.1) is 23.7 Å². The molecule has 0 aliphatic carbocycles. The van der Waals surface area contributed by atoms with E-state index in [4.69, 9.17) is 10.2 Å². The lowest BCUT2D eigenvalue weighted by molar-refractivity contribution is -0.138. The van der Waals surface area contributed by atoms with Gasteiger partial charge in [-0.25, -0.2) is 0 Å². The van der Waals surface area contributed by atoms with Gasteiger partial charge in [0.1, 0.15) is 0 Å². The Kier molecular flexibility index (Phi) is 37.2. The molecule has 0 aliphatic rings. The number of carbonyl (C=O) groups is 2. The summed E-state index contributed by atoms with van der Waals surface area (Å²) in [6, 6.07) is 0. The molecule has 0 aromatic rings. The number of hydrogen-bond donors (Lipinski definition) is 2. The van der Waals surface area contributed by atoms with E-state index in [1.807, 2.05) is 0 Å². The fourth-order valence-electron chi connectivity index (χ4n) is 4.38. The maximum Gasteiger partial charge on any atom is 0.303 e. The molecule has 0 amide bonds. The average Bonchev–Trinajstić information content (AvgIpc) is 2.93. The molecule has 0 unspecified atom stereocenters. The molecule has 4 heteroatoms. The van der Waals surface area contributed by atoms with Crippen LogP contribution in [0.5, 0.6) is 0 Å². The molecule has 0 aliphatic heterocycles. The van der Waals surface area contributed by atoms with Crippen molar-refractivity contribution in [3.8, 4) is 23.7 Å². The van der Waals surface area contributed by atoms with Crippen molar-refractivity contribution < 1.29 is 19.8 Å². The van der Waals surface area contributed by atoms with Crippen molar-refractivity contribution in [3.63, 3.8) is 0 Å². The van der Waals surface area contributed by atoms with Gasteiger partial charge in [-0.2, -0.15) is 0 Å². The summed E-state index contributed by atoms with van der Waals surface area (Å²) in [5, 5.41) is 17.0. The number of unbranched alkanes of at least 4 members (excludes halogenated alkanes) is 22. The Morgan fingerprint density at radius 1 is 0.375 bits per heavy atom. The summed E-state index contributed by atoms with van der Waals surface area (Å²) in [5.74, 6) is 11.7. The van der Waals surface area contributed by atoms with Crippen LogP contribution in [0.15, 0.2) is 0 Å². The van der Waals surface area contributed by atoms with Gasteiger partial charge in [-0.1, -0.05) is 117 Å². The van der Waals surface area contributed by atoms with Gasteiger partial charge >= 0.3 is 11.9 Å². The Morgan fingerprint density at radius 3 is 0.850 bits per heavy atom. The van der Waals surface area contributed by atoms with Crippen LogP contribution >= 0.6 is 0 Å². The zero-order chi connectivity index (χ0) is 29.8. The molecule has 0 spiro atoms. The first kappa shape index (κ1) is 40.2. The van der Waals surface area contributed by atoms with Crippen molar-refractivity contribution in [1.29, 1.82) is 0 Å². The summed E-state index contributed by atoms with van der Waals surface area (Å²) in [4.78, 5) is 20.6. The topological polar surface area (TPSA) is 74.6 Å². The van der Waals surface area contributed by atoms with Crippen molar-refractivity contribution >= 4 is 11.9 Å². The van der Waals surface area contributed by atoms with Crippen molar-refractivity contribution in [2.75, 3.05) is 0 Å². The molecule has 0 heterocycles. The fraction of sp³-hybridized carbons (Fsp3) is 0.833. The summed E-state index contributed by atoms with van der Waals surface area (Å²) in [7, 11) is 0. The third-order valence-electron chi connectivity index (χ3n) is 6.95. The Bertz CT molecular complexity index is 604. The predicted molar refractivity (Wildman–Crippen MR) is 171 cm³/mol. The molecule has 0 saturated carbocycles. The summed E-state index contributed by atoms with van der Waals surface area (Å²) < 4.78 is 0. The van der Waals surface area contributed by atoms with Gasteiger partial charge in [-0.3, -0.25) is 9.59 Å². The summed E-state index contributed by atoms with van der Waals surface area (Å²) >= 11 is 0. The highest BCUT2D eigenvalue weighted by Crippen LogP contribution is 2.09. The molecule has 0 atom stereocenters. The SMILES string of the molecule is CCCCCCCCC#CCCCCCCCC(=O)O.CCCCCCCCC#CCCCCCCCC(=O)O. The van der Waals surface area contributed by atoms with E-state index in [1.54, 1.807) is 0 Å². The first-order chi connectivity index (χ1) is 19.5. The van der Waals surface area contributed by atoms with E-state index in [-0.39, 0.29) is 0 Å². The second-order valence-electron chi connectivity index (χ2n) is 11.1. The third-order valence-corrected chi connectivity index (χ3v) is 6.95. The van der Waals surface area contributed by atoms with Crippen LogP contribution in [0.2, 0.25) is 0 Å². The molecule has 40 heavy (non-hydrogen) atoms. The number of aliphatic carboxylic acids is 2. The largest absolute Gasteiger partial charge is 0.481 e. The van der Waals surface area contributed by atoms with Crippen LogP contribution in [0.3, 0.4) is 0 Å². The minimum atomic E-state index is -0.675. The van der Waals surface area contributed by atoms with Crippen LogP contribution < -0.4 is 0 Å². The van der Waals surface area contributed by atoms with Crippen LogP contribution in [-0.4, -0.2) is 22.2 Å². The maximum absolute atomic E-state index is 10.3. The minimum Gasteiger partial charge on any atom is -0.481 e. The van der Waals surface area contributed by atoms with Crippen LogP contribution in [0.25, 0.3) is 0 Å². The molecule has 4 nitrogen and oxygen atoms in total. The number of carboxylic acid groups (broad SMARTS) is 2. The normalized spacial score (nSPS) is 10.1. The molecular weight excluding hydrogens is 496 g/mol. The lowest BCUT2D eigenvalue weighted by Crippen LogP contribution is -1.93. The van der Waals surface area contributed by atoms with Crippen molar-refractivity contribution in [1.82, 2.24) is 0 Å². The molecule has 0 aromatic heterocycles. The van der Waals surface area contributed by atoms with E-state index in [0.717, 1.165) is 77.0 Å². The zero-order valence-electron chi connectivity index (χ0n) is 26.5. The Labute approximate surface area is 248 Å². The maximum atomic E-state index is 10.3. The van der Waals surface area contributed by atoms with Crippen molar-refractivity contribution in [3.05, 3.63) is 0 Å². The molecule has 0 radical (unpaired) electrons. The van der Waals surface area contributed by atoms with Gasteiger partial charge in [0, 0.05) is 38.5 Å². The van der Waals surface area contributed by atoms with Crippen LogP contribution in [0.1, 0.15) is 194 Å². The predicted octanol–water partition coefficient (Wildman–Crippen LogP) is 11.1. The van der Waals surface area contributed by atoms with E-state index >= 15 is 0 Å². The van der Waals surface area contributed by atoms with Crippen LogP contribution in [0, 0.1) is 23.7 Å². The van der Waals surface area contributed by atoms with E-state index in [9.17, 15) is 9.59 Å². The molecule has 0 rings (SSSR count). The smallest absolute Gasteiger partial charge is 0.303 e. The van der Waals surface area contributed by atoms with E-state index in [2.05, 4.69) is 37.5 Å². The zero-order valence-corrected chi connectivity index (χ0v) is 26.5. The number of carboxylic acids is 2. The Morgan fingerprint density at radius 2 is 0.600 bits per heavy atom. The summed E-state index contributed by atoms with van der Waals surface area (Å²) in [5.41, 5.74) is 0. The second-order valence-corrected chi connectivity index (χ2v) is 11.1. The molecule has 0 bridgehead atoms. The second kappa shape index (κ2) is 37.1. The van der Waals surface area contributed by atoms with E-state index < -0.39 is 11.9 Å². The highest BCUT2D eigenvalue weighted by molar-refractivity contribution is 5.66. The van der Waals surface area contributed by atoms with Crippen LogP contribution in [0.4, 0.5) is 0 Å². The van der Waals surface area contributed by atoms with E-state index in [0.29, 0.717) is 12.8 Å². The van der Waals surface area contributed by atoms with Gasteiger partial charge < -0.3 is 10.2 Å². The monoisotopic (exact) mass is 560 g/mol. The third kappa shape index (κ3) is 43.1. The lowest BCUT2D eigenvalue weighted by atomic mass is 10.1. The number of rotatable bonds is 26. The fourth-order valence-corrected chi connectivity index (χ4v) is 4.38. The molecule has 2 N–H and O–H groups in total. The quantitative estimate of drug-likeness (QED) is 0.0815. The van der Waals surface area contributed by atoms with Gasteiger partial charge in [-0.05, 0) is 38.5 Å². The molecule has 0 fully saturated rings. The molecular formula is C36H64O4. The van der Waals surface area contributed by atoms with Gasteiger partial charge in [0.2, 0.25) is 0 Å². The standard InChI is InChI=1S/2C18H32O2/c2*1-2-3-4-5-6-7-8-9-10-11-12-13-14-15-16-17-18(19)20/h2*2-8,11-17H2,1H3,(H,19,20). The highest BCUT2D eigenvalue weighted by Gasteiger charge is 1.97. The van der Waals surface area contributed by atoms with Gasteiger partial charge in [0.05, 0.1) is 0 Å². The minimum absolute atomic E-state index is 0.318. The molecule has 0 aromatic carbocycles. The van der Waals surface area contributed by atoms with Crippen molar-refractivity contribution in [2.24, 2.45) is 0 Å². The Balaban J connectivity index is 0. The lowest BCUT2D eigenvalue weighted by Gasteiger charge is -1.97. The van der Waals surface area contributed by atoms with Crippen molar-refractivity contribution in [2.45, 2.75) is 194 Å². The van der Waals surface area contributed by atoms with Gasteiger partial charge in [0.25, 0.3) is 0 Å². The average molecular weight is 561 g/mol.